The Labute approximate surface area is 129 Å². The summed E-state index contributed by atoms with van der Waals surface area (Å²) >= 11 is 0. The molecule has 1 saturated heterocycles. The minimum atomic E-state index is 0. The monoisotopic (exact) mass is 368 g/mol. The quantitative estimate of drug-likeness (QED) is 0.457. The maximum Gasteiger partial charge on any atom is 0.193 e. The molecule has 0 saturated carbocycles. The van der Waals surface area contributed by atoms with Crippen molar-refractivity contribution in [1.82, 2.24) is 15.1 Å². The number of hydrogen-bond donors (Lipinski definition) is 1. The van der Waals surface area contributed by atoms with Crippen LogP contribution in [0.4, 0.5) is 0 Å². The Kier molecular flexibility index (Phi) is 9.81. The Balaban J connectivity index is 0.00000289. The lowest BCUT2D eigenvalue weighted by atomic mass is 10.1. The van der Waals surface area contributed by atoms with Gasteiger partial charge in [0.2, 0.25) is 0 Å². The van der Waals surface area contributed by atoms with Crippen LogP contribution in [0.3, 0.4) is 0 Å². The highest BCUT2D eigenvalue weighted by molar-refractivity contribution is 14.0. The summed E-state index contributed by atoms with van der Waals surface area (Å²) in [7, 11) is 6.18. The molecule has 1 fully saturated rings. The van der Waals surface area contributed by atoms with Crippen molar-refractivity contribution in [3.05, 3.63) is 0 Å². The zero-order valence-electron chi connectivity index (χ0n) is 12.3. The second-order valence-corrected chi connectivity index (χ2v) is 5.12. The zero-order chi connectivity index (χ0) is 12.7. The number of nitrogens with zero attached hydrogens (tertiary/aromatic N) is 3. The van der Waals surface area contributed by atoms with Crippen LogP contribution in [0.2, 0.25) is 0 Å². The molecule has 5 heteroatoms. The first-order chi connectivity index (χ1) is 8.17. The summed E-state index contributed by atoms with van der Waals surface area (Å²) in [5.41, 5.74) is 0. The first-order valence-electron chi connectivity index (χ1n) is 6.77. The van der Waals surface area contributed by atoms with Crippen LogP contribution in [-0.2, 0) is 0 Å². The van der Waals surface area contributed by atoms with E-state index in [4.69, 9.17) is 0 Å². The molecule has 18 heavy (non-hydrogen) atoms. The van der Waals surface area contributed by atoms with Gasteiger partial charge in [-0.25, -0.2) is 0 Å². The van der Waals surface area contributed by atoms with E-state index in [0.717, 1.165) is 25.0 Å². The SMILES string of the molecule is CCCCN(C)C(=NC)NCC1CCN(C)C1.I. The van der Waals surface area contributed by atoms with Gasteiger partial charge >= 0.3 is 0 Å². The third kappa shape index (κ3) is 6.22. The van der Waals surface area contributed by atoms with Crippen molar-refractivity contribution >= 4 is 29.9 Å². The molecule has 0 amide bonds. The highest BCUT2D eigenvalue weighted by atomic mass is 127. The minimum Gasteiger partial charge on any atom is -0.356 e. The summed E-state index contributed by atoms with van der Waals surface area (Å²) in [6.45, 7) is 6.80. The third-order valence-corrected chi connectivity index (χ3v) is 3.46. The number of guanidine groups is 1. The zero-order valence-corrected chi connectivity index (χ0v) is 14.6. The fourth-order valence-electron chi connectivity index (χ4n) is 2.31. The van der Waals surface area contributed by atoms with Crippen LogP contribution in [0.1, 0.15) is 26.2 Å². The summed E-state index contributed by atoms with van der Waals surface area (Å²) in [5, 5.41) is 3.49. The van der Waals surface area contributed by atoms with Crippen LogP contribution in [0.15, 0.2) is 4.99 Å². The van der Waals surface area contributed by atoms with Gasteiger partial charge in [0, 0.05) is 33.7 Å². The first kappa shape index (κ1) is 18.0. The van der Waals surface area contributed by atoms with Crippen molar-refractivity contribution in [3.63, 3.8) is 0 Å². The Morgan fingerprint density at radius 2 is 2.22 bits per heavy atom. The lowest BCUT2D eigenvalue weighted by Crippen LogP contribution is -2.41. The first-order valence-corrected chi connectivity index (χ1v) is 6.77. The van der Waals surface area contributed by atoms with Crippen LogP contribution in [0.25, 0.3) is 0 Å². The largest absolute Gasteiger partial charge is 0.356 e. The Hall–Kier alpha value is -0.0400. The van der Waals surface area contributed by atoms with E-state index in [1.807, 2.05) is 7.05 Å². The second kappa shape index (κ2) is 9.83. The van der Waals surface area contributed by atoms with Gasteiger partial charge in [-0.3, -0.25) is 4.99 Å². The molecule has 0 spiro atoms. The third-order valence-electron chi connectivity index (χ3n) is 3.46. The van der Waals surface area contributed by atoms with E-state index in [9.17, 15) is 0 Å². The van der Waals surface area contributed by atoms with E-state index >= 15 is 0 Å². The van der Waals surface area contributed by atoms with Gasteiger partial charge in [-0.1, -0.05) is 13.3 Å². The van der Waals surface area contributed by atoms with E-state index in [2.05, 4.69) is 41.1 Å². The molecule has 0 radical (unpaired) electrons. The number of likely N-dealkylation sites (tertiary alicyclic amines) is 1. The van der Waals surface area contributed by atoms with Crippen LogP contribution in [0, 0.1) is 5.92 Å². The van der Waals surface area contributed by atoms with E-state index in [1.54, 1.807) is 0 Å². The van der Waals surface area contributed by atoms with Crippen molar-refractivity contribution in [2.24, 2.45) is 10.9 Å². The molecular weight excluding hydrogens is 339 g/mol. The molecule has 0 aromatic carbocycles. The Morgan fingerprint density at radius 3 is 2.72 bits per heavy atom. The van der Waals surface area contributed by atoms with Gasteiger partial charge in [0.15, 0.2) is 5.96 Å². The Bertz CT molecular complexity index is 245. The van der Waals surface area contributed by atoms with Gasteiger partial charge in [0.1, 0.15) is 0 Å². The number of nitrogens with one attached hydrogen (secondary N) is 1. The standard InChI is InChI=1S/C13H28N4.HI/c1-5-6-8-17(4)13(14-2)15-10-12-7-9-16(3)11-12;/h12H,5-11H2,1-4H3,(H,14,15);1H. The summed E-state index contributed by atoms with van der Waals surface area (Å²) in [4.78, 5) is 8.96. The van der Waals surface area contributed by atoms with Crippen LogP contribution in [-0.4, -0.2) is 63.1 Å². The minimum absolute atomic E-state index is 0. The molecule has 1 aliphatic heterocycles. The lowest BCUT2D eigenvalue weighted by Gasteiger charge is -2.23. The highest BCUT2D eigenvalue weighted by Gasteiger charge is 2.19. The molecule has 108 valence electrons. The van der Waals surface area contributed by atoms with E-state index in [0.29, 0.717) is 0 Å². The maximum absolute atomic E-state index is 4.34. The molecule has 0 aromatic heterocycles. The molecule has 0 aliphatic carbocycles. The molecule has 0 aromatic rings. The van der Waals surface area contributed by atoms with Gasteiger partial charge in [-0.15, -0.1) is 24.0 Å². The number of aliphatic imine (C=N–C) groups is 1. The Morgan fingerprint density at radius 1 is 1.50 bits per heavy atom. The lowest BCUT2D eigenvalue weighted by molar-refractivity contribution is 0.390. The van der Waals surface area contributed by atoms with Crippen molar-refractivity contribution < 1.29 is 0 Å². The smallest absolute Gasteiger partial charge is 0.193 e. The fourth-order valence-corrected chi connectivity index (χ4v) is 2.31. The van der Waals surface area contributed by atoms with Crippen molar-refractivity contribution in [2.75, 3.05) is 47.3 Å². The van der Waals surface area contributed by atoms with E-state index < -0.39 is 0 Å². The predicted octanol–water partition coefficient (Wildman–Crippen LogP) is 1.86. The van der Waals surface area contributed by atoms with Crippen molar-refractivity contribution in [1.29, 1.82) is 0 Å². The number of rotatable bonds is 5. The maximum atomic E-state index is 4.34. The van der Waals surface area contributed by atoms with Crippen molar-refractivity contribution in [3.8, 4) is 0 Å². The van der Waals surface area contributed by atoms with Gasteiger partial charge in [0.25, 0.3) is 0 Å². The molecule has 1 unspecified atom stereocenters. The van der Waals surface area contributed by atoms with Crippen LogP contribution in [0.5, 0.6) is 0 Å². The summed E-state index contributed by atoms with van der Waals surface area (Å²) in [6, 6.07) is 0. The predicted molar refractivity (Wildman–Crippen MR) is 89.9 cm³/mol. The summed E-state index contributed by atoms with van der Waals surface area (Å²) in [6.07, 6.45) is 3.76. The average molecular weight is 368 g/mol. The number of halogens is 1. The molecule has 1 aliphatic rings. The molecule has 4 nitrogen and oxygen atoms in total. The van der Waals surface area contributed by atoms with Crippen molar-refractivity contribution in [2.45, 2.75) is 26.2 Å². The average Bonchev–Trinajstić information content (AvgIpc) is 2.73. The van der Waals surface area contributed by atoms with E-state index in [-0.39, 0.29) is 24.0 Å². The van der Waals surface area contributed by atoms with Gasteiger partial charge < -0.3 is 15.1 Å². The van der Waals surface area contributed by atoms with Gasteiger partial charge in [0.05, 0.1) is 0 Å². The highest BCUT2D eigenvalue weighted by Crippen LogP contribution is 2.12. The van der Waals surface area contributed by atoms with Crippen LogP contribution >= 0.6 is 24.0 Å². The number of hydrogen-bond acceptors (Lipinski definition) is 2. The molecule has 1 N–H and O–H groups in total. The molecule has 0 bridgehead atoms. The fraction of sp³-hybridized carbons (Fsp3) is 0.923. The topological polar surface area (TPSA) is 30.9 Å². The van der Waals surface area contributed by atoms with Crippen LogP contribution < -0.4 is 5.32 Å². The summed E-state index contributed by atoms with van der Waals surface area (Å²) in [5.74, 6) is 1.81. The normalized spacial score (nSPS) is 20.7. The molecule has 1 rings (SSSR count). The number of unbranched alkanes of at least 4 members (excludes halogenated alkanes) is 1. The van der Waals surface area contributed by atoms with Gasteiger partial charge in [-0.05, 0) is 32.4 Å². The molecular formula is C13H29IN4. The molecule has 1 heterocycles. The van der Waals surface area contributed by atoms with E-state index in [1.165, 1.54) is 32.4 Å². The second-order valence-electron chi connectivity index (χ2n) is 5.12. The van der Waals surface area contributed by atoms with Gasteiger partial charge in [-0.2, -0.15) is 0 Å². The molecule has 1 atom stereocenters. The summed E-state index contributed by atoms with van der Waals surface area (Å²) < 4.78 is 0.